The van der Waals surface area contributed by atoms with Gasteiger partial charge in [-0.3, -0.25) is 9.59 Å². The van der Waals surface area contributed by atoms with Gasteiger partial charge < -0.3 is 20.1 Å². The molecule has 2 amide bonds. The van der Waals surface area contributed by atoms with Crippen LogP contribution in [0.5, 0.6) is 11.5 Å². The van der Waals surface area contributed by atoms with E-state index in [1.54, 1.807) is 62.8 Å². The summed E-state index contributed by atoms with van der Waals surface area (Å²) in [6, 6.07) is 13.8. The van der Waals surface area contributed by atoms with Crippen LogP contribution in [-0.2, 0) is 0 Å². The number of rotatable bonds is 6. The molecule has 6 nitrogen and oxygen atoms in total. The van der Waals surface area contributed by atoms with Crippen LogP contribution in [0.25, 0.3) is 0 Å². The van der Waals surface area contributed by atoms with Gasteiger partial charge in [-0.15, -0.1) is 0 Å². The topological polar surface area (TPSA) is 76.7 Å². The zero-order valence-corrected chi connectivity index (χ0v) is 16.2. The van der Waals surface area contributed by atoms with Crippen molar-refractivity contribution in [1.82, 2.24) is 10.6 Å². The van der Waals surface area contributed by atoms with Gasteiger partial charge in [0.25, 0.3) is 11.8 Å². The SMILES string of the molecule is COc1ccc(C(=O)N[C@@H]2CCCC[C@H]2NC(=O)c2ccc(OC)cc2)cc1. The first-order chi connectivity index (χ1) is 13.6. The van der Waals surface area contributed by atoms with E-state index in [0.29, 0.717) is 22.6 Å². The highest BCUT2D eigenvalue weighted by molar-refractivity contribution is 5.95. The zero-order chi connectivity index (χ0) is 19.9. The Morgan fingerprint density at radius 3 is 1.39 bits per heavy atom. The summed E-state index contributed by atoms with van der Waals surface area (Å²) in [7, 11) is 3.18. The van der Waals surface area contributed by atoms with Gasteiger partial charge in [-0.05, 0) is 61.4 Å². The van der Waals surface area contributed by atoms with Crippen molar-refractivity contribution < 1.29 is 19.1 Å². The van der Waals surface area contributed by atoms with Crippen LogP contribution in [0.3, 0.4) is 0 Å². The van der Waals surface area contributed by atoms with Gasteiger partial charge in [0.2, 0.25) is 0 Å². The third-order valence-corrected chi connectivity index (χ3v) is 5.10. The summed E-state index contributed by atoms with van der Waals surface area (Å²) in [6.07, 6.45) is 3.75. The molecule has 0 spiro atoms. The Labute approximate surface area is 165 Å². The first-order valence-corrected chi connectivity index (χ1v) is 9.50. The molecule has 28 heavy (non-hydrogen) atoms. The number of amides is 2. The minimum atomic E-state index is -0.141. The van der Waals surface area contributed by atoms with E-state index in [9.17, 15) is 9.59 Å². The standard InChI is InChI=1S/C22H26N2O4/c1-27-17-11-7-15(8-12-17)21(25)23-19-5-3-4-6-20(19)24-22(26)16-9-13-18(28-2)14-10-16/h7-14,19-20H,3-6H2,1-2H3,(H,23,25)(H,24,26)/t19-,20-/m1/s1. The van der Waals surface area contributed by atoms with Crippen LogP contribution in [0.15, 0.2) is 48.5 Å². The molecular formula is C22H26N2O4. The molecule has 1 fully saturated rings. The molecule has 0 unspecified atom stereocenters. The molecule has 0 bridgehead atoms. The van der Waals surface area contributed by atoms with Crippen LogP contribution in [0, 0.1) is 0 Å². The molecule has 2 aromatic carbocycles. The van der Waals surface area contributed by atoms with Gasteiger partial charge in [-0.1, -0.05) is 12.8 Å². The monoisotopic (exact) mass is 382 g/mol. The number of hydrogen-bond acceptors (Lipinski definition) is 4. The minimum Gasteiger partial charge on any atom is -0.497 e. The molecule has 1 saturated carbocycles. The van der Waals surface area contributed by atoms with Crippen LogP contribution < -0.4 is 20.1 Å². The maximum atomic E-state index is 12.6. The summed E-state index contributed by atoms with van der Waals surface area (Å²) < 4.78 is 10.3. The van der Waals surface area contributed by atoms with Crippen molar-refractivity contribution in [3.05, 3.63) is 59.7 Å². The third kappa shape index (κ3) is 4.82. The van der Waals surface area contributed by atoms with Crippen LogP contribution in [0.2, 0.25) is 0 Å². The first-order valence-electron chi connectivity index (χ1n) is 9.50. The first kappa shape index (κ1) is 19.7. The van der Waals surface area contributed by atoms with E-state index < -0.39 is 0 Å². The van der Waals surface area contributed by atoms with Gasteiger partial charge in [0.15, 0.2) is 0 Å². The van der Waals surface area contributed by atoms with Gasteiger partial charge in [0, 0.05) is 23.2 Å². The van der Waals surface area contributed by atoms with E-state index in [0.717, 1.165) is 25.7 Å². The summed E-state index contributed by atoms with van der Waals surface area (Å²) in [4.78, 5) is 25.2. The third-order valence-electron chi connectivity index (χ3n) is 5.10. The second kappa shape index (κ2) is 9.26. The van der Waals surface area contributed by atoms with Crippen LogP contribution >= 0.6 is 0 Å². The maximum absolute atomic E-state index is 12.6. The van der Waals surface area contributed by atoms with Crippen LogP contribution in [0.4, 0.5) is 0 Å². The minimum absolute atomic E-state index is 0.0921. The predicted octanol–water partition coefficient (Wildman–Crippen LogP) is 3.17. The van der Waals surface area contributed by atoms with E-state index in [1.165, 1.54) is 0 Å². The lowest BCUT2D eigenvalue weighted by Gasteiger charge is -2.33. The van der Waals surface area contributed by atoms with Crippen molar-refractivity contribution in [2.45, 2.75) is 37.8 Å². The molecule has 0 aromatic heterocycles. The molecular weight excluding hydrogens is 356 g/mol. The lowest BCUT2D eigenvalue weighted by atomic mass is 9.89. The van der Waals surface area contributed by atoms with Crippen molar-refractivity contribution in [3.8, 4) is 11.5 Å². The molecule has 0 aliphatic heterocycles. The normalized spacial score (nSPS) is 18.8. The fourth-order valence-corrected chi connectivity index (χ4v) is 3.46. The second-order valence-electron chi connectivity index (χ2n) is 6.90. The molecule has 2 N–H and O–H groups in total. The molecule has 0 heterocycles. The van der Waals surface area contributed by atoms with E-state index in [1.807, 2.05) is 0 Å². The number of hydrogen-bond donors (Lipinski definition) is 2. The molecule has 6 heteroatoms. The average molecular weight is 382 g/mol. The van der Waals surface area contributed by atoms with Crippen molar-refractivity contribution in [2.75, 3.05) is 14.2 Å². The number of ether oxygens (including phenoxy) is 2. The zero-order valence-electron chi connectivity index (χ0n) is 16.2. The van der Waals surface area contributed by atoms with Crippen molar-refractivity contribution >= 4 is 11.8 Å². The summed E-state index contributed by atoms with van der Waals surface area (Å²) >= 11 is 0. The average Bonchev–Trinajstić information content (AvgIpc) is 2.75. The van der Waals surface area contributed by atoms with Gasteiger partial charge in [-0.25, -0.2) is 0 Å². The Morgan fingerprint density at radius 1 is 0.714 bits per heavy atom. The molecule has 1 aliphatic carbocycles. The van der Waals surface area contributed by atoms with Crippen molar-refractivity contribution in [1.29, 1.82) is 0 Å². The quantitative estimate of drug-likeness (QED) is 0.805. The highest BCUT2D eigenvalue weighted by atomic mass is 16.5. The van der Waals surface area contributed by atoms with Crippen LogP contribution in [0.1, 0.15) is 46.4 Å². The molecule has 0 radical (unpaired) electrons. The lowest BCUT2D eigenvalue weighted by molar-refractivity contribution is 0.0862. The molecule has 3 rings (SSSR count). The predicted molar refractivity (Wildman–Crippen MR) is 107 cm³/mol. The van der Waals surface area contributed by atoms with Gasteiger partial charge in [-0.2, -0.15) is 0 Å². The van der Waals surface area contributed by atoms with E-state index in [-0.39, 0.29) is 23.9 Å². The number of carbonyl (C=O) groups excluding carboxylic acids is 2. The van der Waals surface area contributed by atoms with Crippen LogP contribution in [-0.4, -0.2) is 38.1 Å². The second-order valence-corrected chi connectivity index (χ2v) is 6.90. The van der Waals surface area contributed by atoms with Gasteiger partial charge in [0.05, 0.1) is 14.2 Å². The lowest BCUT2D eigenvalue weighted by Crippen LogP contribution is -2.53. The number of methoxy groups -OCH3 is 2. The molecule has 2 atom stereocenters. The highest BCUT2D eigenvalue weighted by Crippen LogP contribution is 2.20. The number of nitrogens with one attached hydrogen (secondary N) is 2. The summed E-state index contributed by atoms with van der Waals surface area (Å²) in [6.45, 7) is 0. The molecule has 148 valence electrons. The largest absolute Gasteiger partial charge is 0.497 e. The summed E-state index contributed by atoms with van der Waals surface area (Å²) in [5, 5.41) is 6.17. The van der Waals surface area contributed by atoms with Crippen molar-refractivity contribution in [2.24, 2.45) is 0 Å². The van der Waals surface area contributed by atoms with Gasteiger partial charge >= 0.3 is 0 Å². The smallest absolute Gasteiger partial charge is 0.251 e. The van der Waals surface area contributed by atoms with E-state index in [4.69, 9.17) is 9.47 Å². The highest BCUT2D eigenvalue weighted by Gasteiger charge is 2.28. The number of carbonyl (C=O) groups is 2. The summed E-state index contributed by atoms with van der Waals surface area (Å²) in [5.41, 5.74) is 1.15. The Morgan fingerprint density at radius 2 is 1.07 bits per heavy atom. The van der Waals surface area contributed by atoms with Crippen molar-refractivity contribution in [3.63, 3.8) is 0 Å². The fourth-order valence-electron chi connectivity index (χ4n) is 3.46. The van der Waals surface area contributed by atoms with E-state index >= 15 is 0 Å². The Balaban J connectivity index is 1.63. The summed E-state index contributed by atoms with van der Waals surface area (Å²) in [5.74, 6) is 1.13. The Hall–Kier alpha value is -3.02. The molecule has 0 saturated heterocycles. The molecule has 2 aromatic rings. The van der Waals surface area contributed by atoms with Gasteiger partial charge in [0.1, 0.15) is 11.5 Å². The molecule has 1 aliphatic rings. The maximum Gasteiger partial charge on any atom is 0.251 e. The number of benzene rings is 2. The van der Waals surface area contributed by atoms with E-state index in [2.05, 4.69) is 10.6 Å². The fraction of sp³-hybridized carbons (Fsp3) is 0.364. The Kier molecular flexibility index (Phi) is 6.53. The Bertz CT molecular complexity index is 733.